The predicted molar refractivity (Wildman–Crippen MR) is 106 cm³/mol. The molecule has 0 saturated carbocycles. The number of hydrogen-bond donors (Lipinski definition) is 1. The number of ether oxygens (including phenoxy) is 3. The van der Waals surface area contributed by atoms with Gasteiger partial charge in [0.15, 0.2) is 5.79 Å². The molecule has 1 fully saturated rings. The van der Waals surface area contributed by atoms with Crippen LogP contribution in [0, 0.1) is 0 Å². The molecule has 2 aromatic carbocycles. The summed E-state index contributed by atoms with van der Waals surface area (Å²) in [4.78, 5) is 26.1. The minimum Gasteiger partial charge on any atom is -0.463 e. The van der Waals surface area contributed by atoms with E-state index >= 15 is 0 Å². The molecule has 1 saturated heterocycles. The fourth-order valence-electron chi connectivity index (χ4n) is 3.65. The molecule has 0 aromatic heterocycles. The number of esters is 2. The van der Waals surface area contributed by atoms with Crippen molar-refractivity contribution < 1.29 is 28.9 Å². The number of aliphatic hydroxyl groups is 1. The lowest BCUT2D eigenvalue weighted by Gasteiger charge is -2.31. The fraction of sp³-hybridized carbons (Fsp3) is 0.364. The minimum absolute atomic E-state index is 0.0454. The van der Waals surface area contributed by atoms with Crippen molar-refractivity contribution in [2.45, 2.75) is 37.6 Å². The first kappa shape index (κ1) is 21.3. The molecule has 3 rings (SSSR count). The summed E-state index contributed by atoms with van der Waals surface area (Å²) in [6.45, 7) is 3.36. The van der Waals surface area contributed by atoms with Crippen molar-refractivity contribution >= 4 is 23.5 Å². The molecular weight excluding hydrogens is 396 g/mol. The minimum atomic E-state index is -2.14. The predicted octanol–water partition coefficient (Wildman–Crippen LogP) is 3.55. The Kier molecular flexibility index (Phi) is 6.27. The van der Waals surface area contributed by atoms with Gasteiger partial charge in [0.05, 0.1) is 13.2 Å². The number of benzene rings is 2. The van der Waals surface area contributed by atoms with E-state index in [4.69, 9.17) is 25.8 Å². The molecular formula is C22H23ClO6. The van der Waals surface area contributed by atoms with Gasteiger partial charge >= 0.3 is 11.9 Å². The number of halogens is 1. The zero-order valence-electron chi connectivity index (χ0n) is 16.3. The normalized spacial score (nSPS) is 22.8. The van der Waals surface area contributed by atoms with Crippen LogP contribution in [0.15, 0.2) is 54.6 Å². The Balaban J connectivity index is 2.16. The van der Waals surface area contributed by atoms with Crippen LogP contribution in [0.2, 0.25) is 5.02 Å². The van der Waals surface area contributed by atoms with Gasteiger partial charge in [0, 0.05) is 22.9 Å². The SMILES string of the molecule is CCOC(=O)C1(C(=O)OCC)OC(O)(c2ccc(Cl)cc2)CC1c1ccccc1. The standard InChI is InChI=1S/C22H23ClO6/c1-3-27-19(24)22(20(25)28-4-2)18(15-8-6-5-7-9-15)14-21(26,29-22)16-10-12-17(23)13-11-16/h5-13,18,26H,3-4,14H2,1-2H3. The Morgan fingerprint density at radius 2 is 1.59 bits per heavy atom. The first-order valence-electron chi connectivity index (χ1n) is 9.45. The molecule has 1 aliphatic rings. The van der Waals surface area contributed by atoms with Gasteiger partial charge in [0.1, 0.15) is 0 Å². The molecule has 7 heteroatoms. The average Bonchev–Trinajstić information content (AvgIpc) is 3.05. The van der Waals surface area contributed by atoms with E-state index in [-0.39, 0.29) is 19.6 Å². The van der Waals surface area contributed by atoms with Gasteiger partial charge in [-0.1, -0.05) is 54.1 Å². The summed E-state index contributed by atoms with van der Waals surface area (Å²) in [6.07, 6.45) is -0.0454. The second-order valence-electron chi connectivity index (χ2n) is 6.74. The van der Waals surface area contributed by atoms with Crippen LogP contribution >= 0.6 is 11.6 Å². The summed E-state index contributed by atoms with van der Waals surface area (Å²) in [7, 11) is 0. The number of carbonyl (C=O) groups excluding carboxylic acids is 2. The van der Waals surface area contributed by atoms with E-state index in [1.807, 2.05) is 6.07 Å². The van der Waals surface area contributed by atoms with E-state index in [1.54, 1.807) is 62.4 Å². The molecule has 6 nitrogen and oxygen atoms in total. The highest BCUT2D eigenvalue weighted by Gasteiger charge is 2.67. The molecule has 154 valence electrons. The lowest BCUT2D eigenvalue weighted by Crippen LogP contribution is -2.53. The molecule has 2 atom stereocenters. The summed E-state index contributed by atoms with van der Waals surface area (Å²) in [5, 5.41) is 11.9. The van der Waals surface area contributed by atoms with Crippen LogP contribution in [0.3, 0.4) is 0 Å². The van der Waals surface area contributed by atoms with E-state index in [2.05, 4.69) is 0 Å². The molecule has 0 bridgehead atoms. The highest BCUT2D eigenvalue weighted by atomic mass is 35.5. The first-order chi connectivity index (χ1) is 13.9. The number of carbonyl (C=O) groups is 2. The Labute approximate surface area is 174 Å². The Hall–Kier alpha value is -2.41. The second kappa shape index (κ2) is 8.53. The van der Waals surface area contributed by atoms with Crippen molar-refractivity contribution in [2.75, 3.05) is 13.2 Å². The molecule has 29 heavy (non-hydrogen) atoms. The van der Waals surface area contributed by atoms with Crippen LogP contribution < -0.4 is 0 Å². The lowest BCUT2D eigenvalue weighted by molar-refractivity contribution is -0.244. The number of hydrogen-bond acceptors (Lipinski definition) is 6. The Morgan fingerprint density at radius 3 is 2.10 bits per heavy atom. The Bertz CT molecular complexity index is 849. The molecule has 1 N–H and O–H groups in total. The van der Waals surface area contributed by atoms with Crippen LogP contribution in [-0.2, 0) is 29.6 Å². The van der Waals surface area contributed by atoms with Crippen LogP contribution in [0.25, 0.3) is 0 Å². The van der Waals surface area contributed by atoms with E-state index in [9.17, 15) is 14.7 Å². The number of rotatable bonds is 6. The summed E-state index contributed by atoms with van der Waals surface area (Å²) in [6, 6.07) is 15.3. The van der Waals surface area contributed by atoms with Gasteiger partial charge in [0.2, 0.25) is 0 Å². The molecule has 0 amide bonds. The van der Waals surface area contributed by atoms with Gasteiger partial charge in [0.25, 0.3) is 5.60 Å². The lowest BCUT2D eigenvalue weighted by atomic mass is 9.80. The van der Waals surface area contributed by atoms with Gasteiger partial charge in [-0.3, -0.25) is 0 Å². The van der Waals surface area contributed by atoms with Crippen molar-refractivity contribution in [2.24, 2.45) is 0 Å². The van der Waals surface area contributed by atoms with Gasteiger partial charge in [-0.2, -0.15) is 0 Å². The average molecular weight is 419 g/mol. The van der Waals surface area contributed by atoms with Crippen LogP contribution in [0.1, 0.15) is 37.3 Å². The van der Waals surface area contributed by atoms with Crippen LogP contribution in [-0.4, -0.2) is 35.9 Å². The fourth-order valence-corrected chi connectivity index (χ4v) is 3.78. The third-order valence-electron chi connectivity index (χ3n) is 4.96. The van der Waals surface area contributed by atoms with Crippen molar-refractivity contribution in [1.29, 1.82) is 0 Å². The second-order valence-corrected chi connectivity index (χ2v) is 7.17. The van der Waals surface area contributed by atoms with Gasteiger partial charge in [-0.05, 0) is 31.5 Å². The monoisotopic (exact) mass is 418 g/mol. The van der Waals surface area contributed by atoms with Gasteiger partial charge in [-0.25, -0.2) is 9.59 Å². The molecule has 0 spiro atoms. The smallest absolute Gasteiger partial charge is 0.351 e. The molecule has 2 unspecified atom stereocenters. The van der Waals surface area contributed by atoms with Crippen molar-refractivity contribution in [3.63, 3.8) is 0 Å². The van der Waals surface area contributed by atoms with Crippen molar-refractivity contribution in [3.05, 3.63) is 70.7 Å². The highest BCUT2D eigenvalue weighted by Crippen LogP contribution is 2.52. The van der Waals surface area contributed by atoms with Crippen molar-refractivity contribution in [1.82, 2.24) is 0 Å². The maximum Gasteiger partial charge on any atom is 0.351 e. The molecule has 0 aliphatic carbocycles. The largest absolute Gasteiger partial charge is 0.463 e. The summed E-state index contributed by atoms with van der Waals surface area (Å²) in [5.74, 6) is -4.51. The van der Waals surface area contributed by atoms with E-state index < -0.39 is 29.2 Å². The maximum atomic E-state index is 13.1. The van der Waals surface area contributed by atoms with Crippen molar-refractivity contribution in [3.8, 4) is 0 Å². The molecule has 2 aromatic rings. The van der Waals surface area contributed by atoms with Gasteiger partial charge in [-0.15, -0.1) is 0 Å². The van der Waals surface area contributed by atoms with E-state index in [1.165, 1.54) is 0 Å². The molecule has 1 aliphatic heterocycles. The van der Waals surface area contributed by atoms with Gasteiger partial charge < -0.3 is 19.3 Å². The topological polar surface area (TPSA) is 82.1 Å². The first-order valence-corrected chi connectivity index (χ1v) is 9.83. The molecule has 1 heterocycles. The van der Waals surface area contributed by atoms with Crippen LogP contribution in [0.4, 0.5) is 0 Å². The third kappa shape index (κ3) is 3.88. The van der Waals surface area contributed by atoms with Crippen LogP contribution in [0.5, 0.6) is 0 Å². The quantitative estimate of drug-likeness (QED) is 0.570. The zero-order chi connectivity index (χ0) is 21.1. The van der Waals surface area contributed by atoms with E-state index in [0.29, 0.717) is 16.1 Å². The summed E-state index contributed by atoms with van der Waals surface area (Å²) in [5.41, 5.74) is -1.11. The summed E-state index contributed by atoms with van der Waals surface area (Å²) < 4.78 is 16.3. The van der Waals surface area contributed by atoms with E-state index in [0.717, 1.165) is 0 Å². The zero-order valence-corrected chi connectivity index (χ0v) is 17.0. The molecule has 0 radical (unpaired) electrons. The summed E-state index contributed by atoms with van der Waals surface area (Å²) >= 11 is 5.96. The Morgan fingerprint density at radius 1 is 1.03 bits per heavy atom. The third-order valence-corrected chi connectivity index (χ3v) is 5.21. The maximum absolute atomic E-state index is 13.1. The highest BCUT2D eigenvalue weighted by molar-refractivity contribution is 6.30.